The molecule has 5 heteroatoms. The van der Waals surface area contributed by atoms with Gasteiger partial charge in [0.25, 0.3) is 0 Å². The Morgan fingerprint density at radius 2 is 1.72 bits per heavy atom. The molecule has 0 saturated heterocycles. The second-order valence-corrected chi connectivity index (χ2v) is 4.53. The monoisotopic (exact) mass is 269 g/mol. The van der Waals surface area contributed by atoms with Crippen LogP contribution in [0.15, 0.2) is 54.6 Å². The summed E-state index contributed by atoms with van der Waals surface area (Å²) in [4.78, 5) is 12.2. The predicted octanol–water partition coefficient (Wildman–Crippen LogP) is 1.28. The molecular formula is C13H10NaO3S. The number of allylic oxidation sites excluding steroid dienone is 4. The molecule has 0 amide bonds. The number of carbonyl (C=O) groups is 1. The molecule has 1 aliphatic carbocycles. The maximum absolute atomic E-state index is 12.1. The molecule has 1 unspecified atom stereocenters. The van der Waals surface area contributed by atoms with Crippen LogP contribution >= 0.6 is 0 Å². The summed E-state index contributed by atoms with van der Waals surface area (Å²) in [6, 6.07) is 8.68. The first-order valence-corrected chi connectivity index (χ1v) is 6.18. The maximum Gasteiger partial charge on any atom is 0.218 e. The molecule has 2 rings (SSSR count). The van der Waals surface area contributed by atoms with Gasteiger partial charge in [-0.1, -0.05) is 48.6 Å². The molecule has 0 aliphatic heterocycles. The normalized spacial score (nSPS) is 17.1. The Kier molecular flexibility index (Phi) is 5.75. The summed E-state index contributed by atoms with van der Waals surface area (Å²) in [6.07, 6.45) is 6.34. The average molecular weight is 269 g/mol. The van der Waals surface area contributed by atoms with Gasteiger partial charge < -0.3 is 0 Å². The van der Waals surface area contributed by atoms with Crippen molar-refractivity contribution in [1.82, 2.24) is 0 Å². The van der Waals surface area contributed by atoms with Crippen LogP contribution in [0.5, 0.6) is 0 Å². The van der Waals surface area contributed by atoms with E-state index in [4.69, 9.17) is 0 Å². The third-order valence-corrected chi connectivity index (χ3v) is 3.29. The molecule has 1 aliphatic rings. The molecule has 1 atom stereocenters. The second-order valence-electron chi connectivity index (χ2n) is 3.59. The zero-order valence-corrected chi connectivity index (χ0v) is 12.7. The van der Waals surface area contributed by atoms with E-state index < -0.39 is 16.2 Å². The van der Waals surface area contributed by atoms with Gasteiger partial charge in [0, 0.05) is 35.1 Å². The van der Waals surface area contributed by atoms with Crippen molar-refractivity contribution in [1.29, 1.82) is 0 Å². The SMILES string of the molecule is O=C(c1ccccc1)C1C=CC=CC1=S(=O)=O.[Na]. The fourth-order valence-corrected chi connectivity index (χ4v) is 2.26. The molecule has 0 N–H and O–H groups in total. The Hall–Kier alpha value is -0.940. The number of hydrogen-bond donors (Lipinski definition) is 0. The fraction of sp³-hybridized carbons (Fsp3) is 0.0769. The molecule has 3 nitrogen and oxygen atoms in total. The Balaban J connectivity index is 0.00000162. The quantitative estimate of drug-likeness (QED) is 0.462. The van der Waals surface area contributed by atoms with Gasteiger partial charge in [-0.15, -0.1) is 0 Å². The molecule has 1 aromatic rings. The fourth-order valence-electron chi connectivity index (χ4n) is 1.68. The van der Waals surface area contributed by atoms with Crippen LogP contribution in [0.25, 0.3) is 0 Å². The van der Waals surface area contributed by atoms with Crippen LogP contribution in [-0.2, 0) is 10.3 Å². The van der Waals surface area contributed by atoms with Crippen LogP contribution in [0.2, 0.25) is 0 Å². The van der Waals surface area contributed by atoms with E-state index in [1.807, 2.05) is 6.07 Å². The first-order valence-electron chi connectivity index (χ1n) is 5.10. The van der Waals surface area contributed by atoms with Crippen molar-refractivity contribution < 1.29 is 13.2 Å². The molecule has 1 aromatic carbocycles. The minimum absolute atomic E-state index is 0. The van der Waals surface area contributed by atoms with Crippen LogP contribution in [0.1, 0.15) is 10.4 Å². The molecule has 1 radical (unpaired) electrons. The van der Waals surface area contributed by atoms with Gasteiger partial charge in [0.1, 0.15) is 0 Å². The van der Waals surface area contributed by atoms with Gasteiger partial charge in [-0.2, -0.15) is 8.42 Å². The van der Waals surface area contributed by atoms with Gasteiger partial charge in [-0.3, -0.25) is 4.79 Å². The van der Waals surface area contributed by atoms with Crippen molar-refractivity contribution in [2.24, 2.45) is 5.92 Å². The first kappa shape index (κ1) is 15.1. The third-order valence-electron chi connectivity index (χ3n) is 2.51. The molecule has 0 heterocycles. The van der Waals surface area contributed by atoms with E-state index in [1.165, 1.54) is 6.08 Å². The minimum Gasteiger partial charge on any atom is -0.293 e. The zero-order chi connectivity index (χ0) is 12.3. The van der Waals surface area contributed by atoms with Gasteiger partial charge in [0.2, 0.25) is 10.3 Å². The summed E-state index contributed by atoms with van der Waals surface area (Å²) in [7, 11) is -2.37. The predicted molar refractivity (Wildman–Crippen MR) is 72.2 cm³/mol. The standard InChI is InChI=1S/C13H10O3S.Na/c14-13(10-6-2-1-3-7-10)11-8-4-5-9-12(11)17(15)16;/h1-9,11H;. The van der Waals surface area contributed by atoms with E-state index in [9.17, 15) is 13.2 Å². The molecule has 0 saturated carbocycles. The van der Waals surface area contributed by atoms with Crippen LogP contribution in [0.3, 0.4) is 0 Å². The van der Waals surface area contributed by atoms with Gasteiger partial charge in [-0.25, -0.2) is 0 Å². The third kappa shape index (κ3) is 3.29. The summed E-state index contributed by atoms with van der Waals surface area (Å²) >= 11 is 0. The second kappa shape index (κ2) is 6.85. The summed E-state index contributed by atoms with van der Waals surface area (Å²) < 4.78 is 22.1. The number of rotatable bonds is 2. The van der Waals surface area contributed by atoms with Crippen LogP contribution < -0.4 is 0 Å². The van der Waals surface area contributed by atoms with E-state index in [2.05, 4.69) is 0 Å². The van der Waals surface area contributed by atoms with Crippen LogP contribution in [0, 0.1) is 5.92 Å². The van der Waals surface area contributed by atoms with Crippen molar-refractivity contribution >= 4 is 50.5 Å². The summed E-state index contributed by atoms with van der Waals surface area (Å²) in [5.74, 6) is -0.911. The number of hydrogen-bond acceptors (Lipinski definition) is 3. The molecule has 0 bridgehead atoms. The van der Waals surface area contributed by atoms with E-state index >= 15 is 0 Å². The van der Waals surface area contributed by atoms with E-state index in [0.29, 0.717) is 5.56 Å². The van der Waals surface area contributed by atoms with Crippen LogP contribution in [0.4, 0.5) is 0 Å². The Bertz CT molecular complexity index is 619. The number of Topliss-reactive ketones (excluding diaryl/α,β-unsaturated/α-hetero) is 1. The van der Waals surface area contributed by atoms with Gasteiger partial charge in [0.05, 0.1) is 10.8 Å². The van der Waals surface area contributed by atoms with Gasteiger partial charge in [-0.05, 0) is 6.08 Å². The Labute approximate surface area is 129 Å². The number of carbonyl (C=O) groups excluding carboxylic acids is 1. The Morgan fingerprint density at radius 3 is 2.33 bits per heavy atom. The van der Waals surface area contributed by atoms with Crippen LogP contribution in [-0.4, -0.2) is 48.6 Å². The number of ketones is 1. The summed E-state index contributed by atoms with van der Waals surface area (Å²) in [5.41, 5.74) is 0.514. The molecule has 0 fully saturated rings. The minimum atomic E-state index is -2.37. The maximum atomic E-state index is 12.1. The van der Waals surface area contributed by atoms with Gasteiger partial charge >= 0.3 is 0 Å². The van der Waals surface area contributed by atoms with Crippen molar-refractivity contribution in [3.05, 3.63) is 60.2 Å². The Morgan fingerprint density at radius 1 is 1.06 bits per heavy atom. The summed E-state index contributed by atoms with van der Waals surface area (Å²) in [5, 5.41) is 0. The molecule has 87 valence electrons. The topological polar surface area (TPSA) is 51.2 Å². The van der Waals surface area contributed by atoms with Crippen molar-refractivity contribution in [2.75, 3.05) is 0 Å². The molecule has 18 heavy (non-hydrogen) atoms. The zero-order valence-electron chi connectivity index (χ0n) is 9.91. The average Bonchev–Trinajstić information content (AvgIpc) is 2.39. The van der Waals surface area contributed by atoms with E-state index in [-0.39, 0.29) is 40.2 Å². The molecule has 0 spiro atoms. The van der Waals surface area contributed by atoms with E-state index in [0.717, 1.165) is 0 Å². The smallest absolute Gasteiger partial charge is 0.218 e. The van der Waals surface area contributed by atoms with E-state index in [1.54, 1.807) is 42.5 Å². The summed E-state index contributed by atoms with van der Waals surface area (Å²) in [6.45, 7) is 0. The molecular weight excluding hydrogens is 259 g/mol. The van der Waals surface area contributed by atoms with Crippen molar-refractivity contribution in [3.63, 3.8) is 0 Å². The molecule has 0 aromatic heterocycles. The van der Waals surface area contributed by atoms with Gasteiger partial charge in [0.15, 0.2) is 5.78 Å². The first-order chi connectivity index (χ1) is 8.20. The number of benzene rings is 1. The van der Waals surface area contributed by atoms with Crippen molar-refractivity contribution in [3.8, 4) is 0 Å². The van der Waals surface area contributed by atoms with Crippen molar-refractivity contribution in [2.45, 2.75) is 0 Å². The largest absolute Gasteiger partial charge is 0.293 e.